The number of anilines is 1. The van der Waals surface area contributed by atoms with Crippen LogP contribution in [0.5, 0.6) is 0 Å². The van der Waals surface area contributed by atoms with Crippen molar-refractivity contribution in [2.75, 3.05) is 31.1 Å². The molecule has 4 heterocycles. The molecule has 5 rings (SSSR count). The summed E-state index contributed by atoms with van der Waals surface area (Å²) >= 11 is 0. The number of piperidine rings is 1. The molecule has 39 heavy (non-hydrogen) atoms. The van der Waals surface area contributed by atoms with Crippen LogP contribution in [0.25, 0.3) is 11.5 Å². The van der Waals surface area contributed by atoms with E-state index in [0.29, 0.717) is 31.6 Å². The minimum Gasteiger partial charge on any atom is -0.465 e. The Morgan fingerprint density at radius 3 is 2.49 bits per heavy atom. The molecule has 2 aliphatic rings. The van der Waals surface area contributed by atoms with Crippen LogP contribution in [0.2, 0.25) is 0 Å². The Bertz CT molecular complexity index is 1340. The number of nitrogens with zero attached hydrogens (tertiary/aromatic N) is 6. The number of rotatable bonds is 7. The second kappa shape index (κ2) is 10.6. The molecular weight excluding hydrogens is 524 g/mol. The minimum absolute atomic E-state index is 0.0376. The van der Waals surface area contributed by atoms with Gasteiger partial charge in [0.25, 0.3) is 11.8 Å². The van der Waals surface area contributed by atoms with E-state index in [1.165, 1.54) is 41.4 Å². The molecule has 2 aromatic heterocycles. The smallest absolute Gasteiger partial charge is 0.407 e. The van der Waals surface area contributed by atoms with Crippen molar-refractivity contribution in [1.82, 2.24) is 25.0 Å². The van der Waals surface area contributed by atoms with Gasteiger partial charge >= 0.3 is 12.5 Å². The van der Waals surface area contributed by atoms with Gasteiger partial charge in [0.05, 0.1) is 17.8 Å². The van der Waals surface area contributed by atoms with Crippen molar-refractivity contribution in [3.05, 3.63) is 60.0 Å². The van der Waals surface area contributed by atoms with Crippen molar-refractivity contribution in [3.8, 4) is 11.5 Å². The first-order chi connectivity index (χ1) is 18.6. The number of hydrogen-bond donors (Lipinski definition) is 1. The van der Waals surface area contributed by atoms with Crippen molar-refractivity contribution >= 4 is 17.7 Å². The van der Waals surface area contributed by atoms with Crippen molar-refractivity contribution in [1.29, 1.82) is 0 Å². The number of likely N-dealkylation sites (tertiary alicyclic amines) is 2. The molecule has 0 bridgehead atoms. The normalized spacial score (nSPS) is 17.7. The topological polar surface area (TPSA) is 116 Å². The van der Waals surface area contributed by atoms with Crippen LogP contribution in [0.15, 0.2) is 47.0 Å². The maximum absolute atomic E-state index is 15.9. The Morgan fingerprint density at radius 1 is 1.15 bits per heavy atom. The quantitative estimate of drug-likeness (QED) is 0.442. The molecule has 3 aromatic rings. The maximum Gasteiger partial charge on any atom is 0.407 e. The summed E-state index contributed by atoms with van der Waals surface area (Å²) in [4.78, 5) is 33.1. The zero-order chi connectivity index (χ0) is 27.7. The summed E-state index contributed by atoms with van der Waals surface area (Å²) in [7, 11) is 0. The average Bonchev–Trinajstić information content (AvgIpc) is 3.41. The van der Waals surface area contributed by atoms with Crippen molar-refractivity contribution < 1.29 is 36.7 Å². The lowest BCUT2D eigenvalue weighted by atomic mass is 9.89. The summed E-state index contributed by atoms with van der Waals surface area (Å²) < 4.78 is 60.3. The van der Waals surface area contributed by atoms with Crippen LogP contribution in [0.3, 0.4) is 0 Å². The maximum atomic E-state index is 15.9. The number of alkyl halides is 3. The van der Waals surface area contributed by atoms with Gasteiger partial charge in [-0.15, -0.1) is 10.2 Å². The van der Waals surface area contributed by atoms with E-state index >= 15 is 4.39 Å². The number of hydrogen-bond acceptors (Lipinski definition) is 7. The van der Waals surface area contributed by atoms with Crippen LogP contribution in [-0.2, 0) is 11.3 Å². The SMILES string of the molecule is O=C(O)N1CCC(N2CC(F)(C(=O)N(Cc3ccc(-c4nnc(C(F)F)o4)cn3)c3cccc(F)c3)C2)CC1. The van der Waals surface area contributed by atoms with Crippen LogP contribution in [0.1, 0.15) is 30.9 Å². The highest BCUT2D eigenvalue weighted by atomic mass is 19.3. The molecule has 14 heteroatoms. The average molecular weight is 548 g/mol. The molecule has 0 saturated carbocycles. The zero-order valence-electron chi connectivity index (χ0n) is 20.5. The van der Waals surface area contributed by atoms with Gasteiger partial charge in [0, 0.05) is 44.1 Å². The van der Waals surface area contributed by atoms with Gasteiger partial charge in [0.2, 0.25) is 11.6 Å². The first kappa shape index (κ1) is 26.5. The number of halogens is 4. The number of aromatic nitrogens is 3. The predicted octanol–water partition coefficient (Wildman–Crippen LogP) is 3.91. The summed E-state index contributed by atoms with van der Waals surface area (Å²) in [5, 5.41) is 16.0. The van der Waals surface area contributed by atoms with Gasteiger partial charge in [-0.3, -0.25) is 14.7 Å². The number of pyridine rings is 1. The molecule has 0 spiro atoms. The molecule has 2 saturated heterocycles. The van der Waals surface area contributed by atoms with Crippen LogP contribution in [0.4, 0.5) is 28.0 Å². The van der Waals surface area contributed by atoms with Gasteiger partial charge in [-0.05, 0) is 43.2 Å². The van der Waals surface area contributed by atoms with E-state index in [0.717, 1.165) is 11.0 Å². The Labute approximate surface area is 219 Å². The standard InChI is InChI=1S/C25H24F4N6O4/c26-16-2-1-3-19(10-16)35(12-17-5-4-15(11-30-17)21-31-32-22(39-21)20(27)28)23(36)25(29)13-34(14-25)18-6-8-33(9-7-18)24(37)38/h1-5,10-11,18,20H,6-9,12-14H2,(H,37,38). The van der Waals surface area contributed by atoms with E-state index in [2.05, 4.69) is 15.2 Å². The summed E-state index contributed by atoms with van der Waals surface area (Å²) in [5.41, 5.74) is -1.47. The largest absolute Gasteiger partial charge is 0.465 e. The Hall–Kier alpha value is -4.07. The van der Waals surface area contributed by atoms with E-state index in [1.54, 1.807) is 0 Å². The molecule has 1 N–H and O–H groups in total. The molecule has 2 amide bonds. The molecule has 10 nitrogen and oxygen atoms in total. The summed E-state index contributed by atoms with van der Waals surface area (Å²) in [6.45, 7) is 0.176. The second-order valence-corrected chi connectivity index (χ2v) is 9.53. The van der Waals surface area contributed by atoms with Crippen LogP contribution >= 0.6 is 0 Å². The molecule has 0 radical (unpaired) electrons. The van der Waals surface area contributed by atoms with E-state index in [9.17, 15) is 22.8 Å². The van der Waals surface area contributed by atoms with E-state index < -0.39 is 35.8 Å². The predicted molar refractivity (Wildman–Crippen MR) is 128 cm³/mol. The fraction of sp³-hybridized carbons (Fsp3) is 0.400. The highest BCUT2D eigenvalue weighted by Crippen LogP contribution is 2.35. The highest BCUT2D eigenvalue weighted by Gasteiger charge is 2.54. The molecule has 0 aliphatic carbocycles. The molecule has 206 valence electrons. The first-order valence-electron chi connectivity index (χ1n) is 12.2. The monoisotopic (exact) mass is 548 g/mol. The molecule has 2 fully saturated rings. The van der Waals surface area contributed by atoms with Crippen LogP contribution < -0.4 is 4.90 Å². The molecule has 0 unspecified atom stereocenters. The summed E-state index contributed by atoms with van der Waals surface area (Å²) in [6.07, 6.45) is -1.53. The lowest BCUT2D eigenvalue weighted by Gasteiger charge is -2.50. The van der Waals surface area contributed by atoms with Gasteiger partial charge in [-0.25, -0.2) is 13.6 Å². The van der Waals surface area contributed by atoms with E-state index in [4.69, 9.17) is 9.52 Å². The number of benzene rings is 1. The second-order valence-electron chi connectivity index (χ2n) is 9.53. The third kappa shape index (κ3) is 5.55. The van der Waals surface area contributed by atoms with Gasteiger partial charge < -0.3 is 19.3 Å². The van der Waals surface area contributed by atoms with Crippen molar-refractivity contribution in [3.63, 3.8) is 0 Å². The molecule has 1 aromatic carbocycles. The Balaban J connectivity index is 1.30. The van der Waals surface area contributed by atoms with E-state index in [1.807, 2.05) is 4.90 Å². The summed E-state index contributed by atoms with van der Waals surface area (Å²) in [6, 6.07) is 8.17. The molecule has 2 aliphatic heterocycles. The molecule has 0 atom stereocenters. The number of carbonyl (C=O) groups excluding carboxylic acids is 1. The Kier molecular flexibility index (Phi) is 7.21. The van der Waals surface area contributed by atoms with Gasteiger partial charge in [0.1, 0.15) is 5.82 Å². The fourth-order valence-corrected chi connectivity index (χ4v) is 4.83. The number of carbonyl (C=O) groups is 2. The van der Waals surface area contributed by atoms with Gasteiger partial charge in [0.15, 0.2) is 0 Å². The summed E-state index contributed by atoms with van der Waals surface area (Å²) in [5.74, 6) is -2.44. The third-order valence-electron chi connectivity index (χ3n) is 6.93. The van der Waals surface area contributed by atoms with Gasteiger partial charge in [-0.2, -0.15) is 8.78 Å². The lowest BCUT2D eigenvalue weighted by molar-refractivity contribution is -0.146. The zero-order valence-corrected chi connectivity index (χ0v) is 20.5. The lowest BCUT2D eigenvalue weighted by Crippen LogP contribution is -2.69. The van der Waals surface area contributed by atoms with Crippen LogP contribution in [-0.4, -0.2) is 80.0 Å². The molecular formula is C25H24F4N6O4. The highest BCUT2D eigenvalue weighted by molar-refractivity contribution is 6.00. The van der Waals surface area contributed by atoms with Crippen LogP contribution in [0, 0.1) is 5.82 Å². The minimum atomic E-state index is -2.92. The number of amides is 2. The van der Waals surface area contributed by atoms with Crippen molar-refractivity contribution in [2.24, 2.45) is 0 Å². The first-order valence-corrected chi connectivity index (χ1v) is 12.2. The third-order valence-corrected chi connectivity index (χ3v) is 6.93. The van der Waals surface area contributed by atoms with E-state index in [-0.39, 0.29) is 42.8 Å². The number of carboxylic acid groups (broad SMARTS) is 1. The van der Waals surface area contributed by atoms with Gasteiger partial charge in [-0.1, -0.05) is 6.07 Å². The Morgan fingerprint density at radius 2 is 1.90 bits per heavy atom. The fourth-order valence-electron chi connectivity index (χ4n) is 4.83. The van der Waals surface area contributed by atoms with Crippen molar-refractivity contribution in [2.45, 2.75) is 37.5 Å².